The van der Waals surface area contributed by atoms with Crippen molar-refractivity contribution in [1.29, 1.82) is 5.26 Å². The van der Waals surface area contributed by atoms with Crippen molar-refractivity contribution in [2.24, 2.45) is 11.7 Å². The van der Waals surface area contributed by atoms with E-state index in [0.29, 0.717) is 12.1 Å². The second-order valence-corrected chi connectivity index (χ2v) is 4.73. The second kappa shape index (κ2) is 6.18. The topological polar surface area (TPSA) is 70.1 Å². The highest BCUT2D eigenvalue weighted by Gasteiger charge is 2.21. The average molecular weight is 245 g/mol. The minimum Gasteiger partial charge on any atom is -0.340 e. The third-order valence-corrected chi connectivity index (χ3v) is 2.92. The molecular weight excluding hydrogens is 226 g/mol. The van der Waals surface area contributed by atoms with Crippen LogP contribution in [-0.4, -0.2) is 23.9 Å². The maximum Gasteiger partial charge on any atom is 0.239 e. The number of nitrogens with two attached hydrogens (primary N) is 1. The van der Waals surface area contributed by atoms with Crippen LogP contribution in [0, 0.1) is 17.2 Å². The Morgan fingerprint density at radius 1 is 1.44 bits per heavy atom. The van der Waals surface area contributed by atoms with Crippen molar-refractivity contribution in [2.45, 2.75) is 26.4 Å². The number of carbonyl (C=O) groups excluding carboxylic acids is 1. The van der Waals surface area contributed by atoms with Gasteiger partial charge in [0, 0.05) is 13.6 Å². The Hall–Kier alpha value is -1.86. The number of carbonyl (C=O) groups is 1. The molecule has 0 aliphatic heterocycles. The lowest BCUT2D eigenvalue weighted by Crippen LogP contribution is -2.44. The van der Waals surface area contributed by atoms with E-state index in [1.165, 1.54) is 0 Å². The van der Waals surface area contributed by atoms with Gasteiger partial charge in [-0.2, -0.15) is 5.26 Å². The molecule has 1 rings (SSSR count). The Kier molecular flexibility index (Phi) is 4.87. The van der Waals surface area contributed by atoms with Gasteiger partial charge in [0.1, 0.15) is 0 Å². The molecular formula is C14H19N3O. The SMILES string of the molecule is CC(C)C(N)C(=O)N(C)Cc1ccccc1C#N. The summed E-state index contributed by atoms with van der Waals surface area (Å²) in [6.45, 7) is 4.24. The third-order valence-electron chi connectivity index (χ3n) is 2.92. The van der Waals surface area contributed by atoms with Crippen LogP contribution in [0.5, 0.6) is 0 Å². The van der Waals surface area contributed by atoms with Gasteiger partial charge in [0.05, 0.1) is 17.7 Å². The summed E-state index contributed by atoms with van der Waals surface area (Å²) in [5.41, 5.74) is 7.26. The van der Waals surface area contributed by atoms with Crippen molar-refractivity contribution in [3.8, 4) is 6.07 Å². The van der Waals surface area contributed by atoms with Crippen LogP contribution in [0.3, 0.4) is 0 Å². The largest absolute Gasteiger partial charge is 0.340 e. The first-order chi connectivity index (χ1) is 8.47. The third kappa shape index (κ3) is 3.31. The fourth-order valence-corrected chi connectivity index (χ4v) is 1.64. The minimum absolute atomic E-state index is 0.0993. The summed E-state index contributed by atoms with van der Waals surface area (Å²) in [5, 5.41) is 8.99. The van der Waals surface area contributed by atoms with E-state index in [2.05, 4.69) is 6.07 Å². The highest BCUT2D eigenvalue weighted by atomic mass is 16.2. The zero-order valence-electron chi connectivity index (χ0n) is 11.1. The Balaban J connectivity index is 2.79. The number of nitrogens with zero attached hydrogens (tertiary/aromatic N) is 2. The molecule has 0 bridgehead atoms. The predicted molar refractivity (Wildman–Crippen MR) is 70.4 cm³/mol. The van der Waals surface area contributed by atoms with E-state index in [-0.39, 0.29) is 11.8 Å². The second-order valence-electron chi connectivity index (χ2n) is 4.73. The van der Waals surface area contributed by atoms with E-state index in [9.17, 15) is 4.79 Å². The highest BCUT2D eigenvalue weighted by molar-refractivity contribution is 5.81. The van der Waals surface area contributed by atoms with Gasteiger partial charge < -0.3 is 10.6 Å². The van der Waals surface area contributed by atoms with Crippen LogP contribution in [-0.2, 0) is 11.3 Å². The van der Waals surface area contributed by atoms with Gasteiger partial charge in [-0.1, -0.05) is 32.0 Å². The molecule has 1 unspecified atom stereocenters. The van der Waals surface area contributed by atoms with E-state index in [1.54, 1.807) is 18.0 Å². The number of nitriles is 1. The van der Waals surface area contributed by atoms with Crippen LogP contribution >= 0.6 is 0 Å². The molecule has 0 aliphatic carbocycles. The molecule has 0 fully saturated rings. The first kappa shape index (κ1) is 14.2. The Morgan fingerprint density at radius 2 is 2.06 bits per heavy atom. The van der Waals surface area contributed by atoms with Gasteiger partial charge in [0.2, 0.25) is 5.91 Å². The van der Waals surface area contributed by atoms with Gasteiger partial charge in [0.25, 0.3) is 0 Å². The van der Waals surface area contributed by atoms with Gasteiger partial charge in [0.15, 0.2) is 0 Å². The standard InChI is InChI=1S/C14H19N3O/c1-10(2)13(16)14(18)17(3)9-12-7-5-4-6-11(12)8-15/h4-7,10,13H,9,16H2,1-3H3. The summed E-state index contributed by atoms with van der Waals surface area (Å²) in [6, 6.07) is 8.89. The number of likely N-dealkylation sites (N-methyl/N-ethyl adjacent to an activating group) is 1. The number of hydrogen-bond acceptors (Lipinski definition) is 3. The van der Waals surface area contributed by atoms with E-state index in [0.717, 1.165) is 5.56 Å². The molecule has 1 aromatic rings. The van der Waals surface area contributed by atoms with Crippen molar-refractivity contribution in [3.05, 3.63) is 35.4 Å². The summed E-state index contributed by atoms with van der Waals surface area (Å²) in [7, 11) is 1.71. The average Bonchev–Trinajstić information content (AvgIpc) is 2.37. The van der Waals surface area contributed by atoms with E-state index < -0.39 is 6.04 Å². The molecule has 1 atom stereocenters. The Labute approximate surface area is 108 Å². The fourth-order valence-electron chi connectivity index (χ4n) is 1.64. The lowest BCUT2D eigenvalue weighted by Gasteiger charge is -2.23. The summed E-state index contributed by atoms with van der Waals surface area (Å²) in [6.07, 6.45) is 0. The van der Waals surface area contributed by atoms with Crippen LogP contribution in [0.25, 0.3) is 0 Å². The van der Waals surface area contributed by atoms with Gasteiger partial charge in [-0.3, -0.25) is 4.79 Å². The molecule has 1 aromatic carbocycles. The molecule has 0 heterocycles. The molecule has 0 saturated carbocycles. The smallest absolute Gasteiger partial charge is 0.239 e. The number of rotatable bonds is 4. The van der Waals surface area contributed by atoms with Gasteiger partial charge in [-0.05, 0) is 17.5 Å². The van der Waals surface area contributed by atoms with Crippen LogP contribution < -0.4 is 5.73 Å². The zero-order chi connectivity index (χ0) is 13.7. The van der Waals surface area contributed by atoms with Crippen molar-refractivity contribution in [1.82, 2.24) is 4.90 Å². The molecule has 0 aliphatic rings. The van der Waals surface area contributed by atoms with Crippen LogP contribution in [0.2, 0.25) is 0 Å². The number of benzene rings is 1. The molecule has 0 saturated heterocycles. The minimum atomic E-state index is -0.496. The van der Waals surface area contributed by atoms with Gasteiger partial charge in [-0.25, -0.2) is 0 Å². The van der Waals surface area contributed by atoms with Gasteiger partial charge in [-0.15, -0.1) is 0 Å². The summed E-state index contributed by atoms with van der Waals surface area (Å²) in [4.78, 5) is 13.6. The first-order valence-electron chi connectivity index (χ1n) is 5.96. The molecule has 0 aromatic heterocycles. The van der Waals surface area contributed by atoms with Crippen molar-refractivity contribution >= 4 is 5.91 Å². The highest BCUT2D eigenvalue weighted by Crippen LogP contribution is 2.11. The van der Waals surface area contributed by atoms with Crippen LogP contribution in [0.1, 0.15) is 25.0 Å². The Morgan fingerprint density at radius 3 is 2.61 bits per heavy atom. The molecule has 96 valence electrons. The molecule has 4 heteroatoms. The van der Waals surface area contributed by atoms with Crippen molar-refractivity contribution in [2.75, 3.05) is 7.05 Å². The van der Waals surface area contributed by atoms with E-state index in [4.69, 9.17) is 11.0 Å². The fraction of sp³-hybridized carbons (Fsp3) is 0.429. The monoisotopic (exact) mass is 245 g/mol. The quantitative estimate of drug-likeness (QED) is 0.874. The van der Waals surface area contributed by atoms with Crippen molar-refractivity contribution in [3.63, 3.8) is 0 Å². The zero-order valence-corrected chi connectivity index (χ0v) is 11.1. The first-order valence-corrected chi connectivity index (χ1v) is 5.96. The lowest BCUT2D eigenvalue weighted by molar-refractivity contribution is -0.132. The van der Waals surface area contributed by atoms with Crippen LogP contribution in [0.4, 0.5) is 0 Å². The van der Waals surface area contributed by atoms with E-state index in [1.807, 2.05) is 32.0 Å². The molecule has 1 amide bonds. The summed E-state index contributed by atoms with van der Waals surface area (Å²) in [5.74, 6) is 0.00361. The van der Waals surface area contributed by atoms with E-state index >= 15 is 0 Å². The molecule has 2 N–H and O–H groups in total. The summed E-state index contributed by atoms with van der Waals surface area (Å²) < 4.78 is 0. The maximum atomic E-state index is 12.0. The number of hydrogen-bond donors (Lipinski definition) is 1. The van der Waals surface area contributed by atoms with Gasteiger partial charge >= 0.3 is 0 Å². The lowest BCUT2D eigenvalue weighted by atomic mass is 10.0. The van der Waals surface area contributed by atoms with Crippen LogP contribution in [0.15, 0.2) is 24.3 Å². The molecule has 0 radical (unpaired) electrons. The normalized spacial score (nSPS) is 12.0. The molecule has 0 spiro atoms. The summed E-state index contributed by atoms with van der Waals surface area (Å²) >= 11 is 0. The molecule has 4 nitrogen and oxygen atoms in total. The number of amides is 1. The maximum absolute atomic E-state index is 12.0. The predicted octanol–water partition coefficient (Wildman–Crippen LogP) is 1.50. The molecule has 18 heavy (non-hydrogen) atoms. The van der Waals surface area contributed by atoms with Crippen molar-refractivity contribution < 1.29 is 4.79 Å². The Bertz CT molecular complexity index is 462.